The van der Waals surface area contributed by atoms with Gasteiger partial charge in [0, 0.05) is 43.4 Å². The van der Waals surface area contributed by atoms with Crippen molar-refractivity contribution in [3.8, 4) is 5.75 Å². The monoisotopic (exact) mass is 508 g/mol. The SMILES string of the molecule is Cc1cccc(COc2ccc(/C(O)=C3\C(=O)C(=O)N(CCCn4ccnc4)[C@@H]3c3cccnc3)cc2)c1. The number of carbonyl (C=O) groups excluding carboxylic acids is 2. The maximum Gasteiger partial charge on any atom is 0.295 e. The molecule has 38 heavy (non-hydrogen) atoms. The Balaban J connectivity index is 1.39. The minimum atomic E-state index is -0.733. The van der Waals surface area contributed by atoms with Crippen LogP contribution in [-0.2, 0) is 22.7 Å². The summed E-state index contributed by atoms with van der Waals surface area (Å²) in [4.78, 5) is 36.0. The van der Waals surface area contributed by atoms with Gasteiger partial charge in [0.25, 0.3) is 11.7 Å². The van der Waals surface area contributed by atoms with Gasteiger partial charge >= 0.3 is 0 Å². The summed E-state index contributed by atoms with van der Waals surface area (Å²) in [6, 6.07) is 17.8. The van der Waals surface area contributed by atoms with Crippen molar-refractivity contribution in [3.63, 3.8) is 0 Å². The van der Waals surface area contributed by atoms with Gasteiger partial charge in [-0.25, -0.2) is 4.98 Å². The molecule has 8 heteroatoms. The lowest BCUT2D eigenvalue weighted by Crippen LogP contribution is -2.31. The summed E-state index contributed by atoms with van der Waals surface area (Å²) < 4.78 is 7.80. The van der Waals surface area contributed by atoms with E-state index in [1.165, 1.54) is 4.90 Å². The minimum Gasteiger partial charge on any atom is -0.507 e. The number of carbonyl (C=O) groups is 2. The van der Waals surface area contributed by atoms with Crippen molar-refractivity contribution < 1.29 is 19.4 Å². The second-order valence-electron chi connectivity index (χ2n) is 9.24. The van der Waals surface area contributed by atoms with Crippen LogP contribution in [0.5, 0.6) is 5.75 Å². The predicted octanol–water partition coefficient (Wildman–Crippen LogP) is 4.68. The number of Topliss-reactive ketones (excluding diaryl/α,β-unsaturated/α-hetero) is 1. The number of hydrogen-bond donors (Lipinski definition) is 1. The number of nitrogens with zero attached hydrogens (tertiary/aromatic N) is 4. The van der Waals surface area contributed by atoms with Gasteiger partial charge in [0.15, 0.2) is 0 Å². The third-order valence-corrected chi connectivity index (χ3v) is 6.53. The molecule has 0 saturated carbocycles. The van der Waals surface area contributed by atoms with E-state index in [0.29, 0.717) is 43.0 Å². The second-order valence-corrected chi connectivity index (χ2v) is 9.24. The average molecular weight is 509 g/mol. The average Bonchev–Trinajstić information content (AvgIpc) is 3.55. The summed E-state index contributed by atoms with van der Waals surface area (Å²) in [6.45, 7) is 3.43. The first-order valence-corrected chi connectivity index (χ1v) is 12.4. The number of aliphatic hydroxyl groups is 1. The Labute approximate surface area is 220 Å². The van der Waals surface area contributed by atoms with Crippen molar-refractivity contribution in [3.05, 3.63) is 120 Å². The molecule has 0 bridgehead atoms. The zero-order valence-corrected chi connectivity index (χ0v) is 21.0. The molecular weight excluding hydrogens is 480 g/mol. The van der Waals surface area contributed by atoms with Crippen LogP contribution in [0.1, 0.15) is 34.7 Å². The number of pyridine rings is 1. The molecule has 1 N–H and O–H groups in total. The Hall–Kier alpha value is -4.72. The normalized spacial score (nSPS) is 16.7. The van der Waals surface area contributed by atoms with Crippen molar-refractivity contribution in [2.45, 2.75) is 32.5 Å². The molecule has 2 aromatic carbocycles. The van der Waals surface area contributed by atoms with Crippen molar-refractivity contribution in [2.75, 3.05) is 6.54 Å². The fraction of sp³-hybridized carbons (Fsp3) is 0.200. The molecule has 0 spiro atoms. The second kappa shape index (κ2) is 11.1. The van der Waals surface area contributed by atoms with E-state index in [1.807, 2.05) is 42.0 Å². The van der Waals surface area contributed by atoms with Crippen LogP contribution in [0, 0.1) is 6.92 Å². The minimum absolute atomic E-state index is 0.0547. The maximum atomic E-state index is 13.2. The van der Waals surface area contributed by atoms with Gasteiger partial charge in [-0.05, 0) is 54.8 Å². The highest BCUT2D eigenvalue weighted by Crippen LogP contribution is 2.39. The van der Waals surface area contributed by atoms with E-state index in [4.69, 9.17) is 4.74 Å². The summed E-state index contributed by atoms with van der Waals surface area (Å²) in [5, 5.41) is 11.3. The molecule has 1 fully saturated rings. The topological polar surface area (TPSA) is 97.6 Å². The molecule has 1 aliphatic heterocycles. The molecule has 0 radical (unpaired) electrons. The number of aliphatic hydroxyl groups excluding tert-OH is 1. The van der Waals surface area contributed by atoms with Crippen molar-refractivity contribution in [1.29, 1.82) is 0 Å². The van der Waals surface area contributed by atoms with Crippen LogP contribution in [0.3, 0.4) is 0 Å². The van der Waals surface area contributed by atoms with Crippen LogP contribution in [0.25, 0.3) is 5.76 Å². The van der Waals surface area contributed by atoms with E-state index in [1.54, 1.807) is 55.2 Å². The lowest BCUT2D eigenvalue weighted by molar-refractivity contribution is -0.139. The zero-order chi connectivity index (χ0) is 26.5. The highest BCUT2D eigenvalue weighted by molar-refractivity contribution is 6.46. The fourth-order valence-corrected chi connectivity index (χ4v) is 4.67. The van der Waals surface area contributed by atoms with Gasteiger partial charge in [0.05, 0.1) is 17.9 Å². The predicted molar refractivity (Wildman–Crippen MR) is 142 cm³/mol. The summed E-state index contributed by atoms with van der Waals surface area (Å²) >= 11 is 0. The van der Waals surface area contributed by atoms with E-state index < -0.39 is 17.7 Å². The lowest BCUT2D eigenvalue weighted by atomic mass is 9.96. The standard InChI is InChI=1S/C30H28N4O4/c1-21-5-2-6-22(17-21)19-38-25-10-8-23(9-11-25)28(35)26-27(24-7-3-12-31-18-24)34(30(37)29(26)36)15-4-14-33-16-13-32-20-33/h2-3,5-13,16-18,20,27,35H,4,14-15,19H2,1H3/b28-26+/t27-/m1/s1. The van der Waals surface area contributed by atoms with E-state index in [9.17, 15) is 14.7 Å². The van der Waals surface area contributed by atoms with Crippen LogP contribution >= 0.6 is 0 Å². The molecule has 0 aliphatic carbocycles. The summed E-state index contributed by atoms with van der Waals surface area (Å²) in [5.41, 5.74) is 3.36. The van der Waals surface area contributed by atoms with Crippen LogP contribution in [-0.4, -0.2) is 42.8 Å². The third-order valence-electron chi connectivity index (χ3n) is 6.53. The van der Waals surface area contributed by atoms with E-state index in [-0.39, 0.29) is 11.3 Å². The number of amides is 1. The van der Waals surface area contributed by atoms with Gasteiger partial charge in [0.2, 0.25) is 0 Å². The maximum absolute atomic E-state index is 13.2. The summed E-state index contributed by atoms with van der Waals surface area (Å²) in [6.07, 6.45) is 9.12. The Bertz CT molecular complexity index is 1450. The molecule has 2 aromatic heterocycles. The molecular formula is C30H28N4O4. The number of ketones is 1. The number of imidazole rings is 1. The largest absolute Gasteiger partial charge is 0.507 e. The van der Waals surface area contributed by atoms with Crippen molar-refractivity contribution >= 4 is 17.4 Å². The summed E-state index contributed by atoms with van der Waals surface area (Å²) in [7, 11) is 0. The molecule has 1 amide bonds. The number of benzene rings is 2. The highest BCUT2D eigenvalue weighted by Gasteiger charge is 2.45. The van der Waals surface area contributed by atoms with Gasteiger partial charge in [-0.1, -0.05) is 35.9 Å². The quantitative estimate of drug-likeness (QED) is 0.200. The van der Waals surface area contributed by atoms with Gasteiger partial charge < -0.3 is 19.3 Å². The molecule has 1 aliphatic rings. The third kappa shape index (κ3) is 5.34. The number of ether oxygens (including phenoxy) is 1. The van der Waals surface area contributed by atoms with Gasteiger partial charge in [-0.3, -0.25) is 14.6 Å². The number of aromatic nitrogens is 3. The van der Waals surface area contributed by atoms with Crippen molar-refractivity contribution in [1.82, 2.24) is 19.4 Å². The van der Waals surface area contributed by atoms with Crippen LogP contribution < -0.4 is 4.74 Å². The summed E-state index contributed by atoms with van der Waals surface area (Å²) in [5.74, 6) is -0.936. The van der Waals surface area contributed by atoms with Crippen molar-refractivity contribution in [2.24, 2.45) is 0 Å². The smallest absolute Gasteiger partial charge is 0.295 e. The van der Waals surface area contributed by atoms with Gasteiger partial charge in [-0.15, -0.1) is 0 Å². The van der Waals surface area contributed by atoms with Crippen LogP contribution in [0.2, 0.25) is 0 Å². The lowest BCUT2D eigenvalue weighted by Gasteiger charge is -2.25. The van der Waals surface area contributed by atoms with E-state index in [2.05, 4.69) is 16.0 Å². The molecule has 0 unspecified atom stereocenters. The Morgan fingerprint density at radius 2 is 1.84 bits per heavy atom. The van der Waals surface area contributed by atoms with E-state index >= 15 is 0 Å². The number of aryl methyl sites for hydroxylation is 2. The number of likely N-dealkylation sites (tertiary alicyclic amines) is 1. The number of rotatable bonds is 9. The Morgan fingerprint density at radius 3 is 2.55 bits per heavy atom. The molecule has 3 heterocycles. The molecule has 192 valence electrons. The molecule has 1 atom stereocenters. The molecule has 4 aromatic rings. The number of hydrogen-bond acceptors (Lipinski definition) is 6. The first-order valence-electron chi connectivity index (χ1n) is 12.4. The van der Waals surface area contributed by atoms with Gasteiger partial charge in [-0.2, -0.15) is 0 Å². The van der Waals surface area contributed by atoms with Crippen LogP contribution in [0.4, 0.5) is 0 Å². The van der Waals surface area contributed by atoms with Gasteiger partial charge in [0.1, 0.15) is 18.1 Å². The zero-order valence-electron chi connectivity index (χ0n) is 21.0. The fourth-order valence-electron chi connectivity index (χ4n) is 4.67. The molecule has 8 nitrogen and oxygen atoms in total. The Morgan fingerprint density at radius 1 is 1.00 bits per heavy atom. The Kier molecular flexibility index (Phi) is 7.31. The van der Waals surface area contributed by atoms with Crippen LogP contribution in [0.15, 0.2) is 97.4 Å². The van der Waals surface area contributed by atoms with E-state index in [0.717, 1.165) is 11.1 Å². The molecule has 1 saturated heterocycles. The molecule has 5 rings (SSSR count). The first-order chi connectivity index (χ1) is 18.5. The highest BCUT2D eigenvalue weighted by atomic mass is 16.5. The first kappa shape index (κ1) is 25.0.